The maximum Gasteiger partial charge on any atom is 0.340 e. The number of nitrogens with zero attached hydrogens (tertiary/aromatic N) is 1. The molecule has 1 aromatic carbocycles. The lowest BCUT2D eigenvalue weighted by molar-refractivity contribution is 0.0601. The Kier molecular flexibility index (Phi) is 3.96. The monoisotopic (exact) mass is 277 g/mol. The SMILES string of the molecule is COC(=O)c1cn(C(C)C)cc1-c1cccc(Cl)c1. The van der Waals surface area contributed by atoms with Crippen molar-refractivity contribution in [2.75, 3.05) is 7.11 Å². The highest BCUT2D eigenvalue weighted by Crippen LogP contribution is 2.29. The molecule has 0 atom stereocenters. The van der Waals surface area contributed by atoms with Crippen molar-refractivity contribution in [3.8, 4) is 11.1 Å². The smallest absolute Gasteiger partial charge is 0.340 e. The molecule has 1 heterocycles. The third kappa shape index (κ3) is 2.82. The van der Waals surface area contributed by atoms with E-state index in [4.69, 9.17) is 16.3 Å². The largest absolute Gasteiger partial charge is 0.465 e. The molecule has 4 heteroatoms. The summed E-state index contributed by atoms with van der Waals surface area (Å²) in [7, 11) is 1.39. The Bertz CT molecular complexity index is 602. The molecule has 1 aromatic heterocycles. The van der Waals surface area contributed by atoms with Gasteiger partial charge in [-0.3, -0.25) is 0 Å². The van der Waals surface area contributed by atoms with Gasteiger partial charge >= 0.3 is 5.97 Å². The van der Waals surface area contributed by atoms with Crippen LogP contribution in [0, 0.1) is 0 Å². The summed E-state index contributed by atoms with van der Waals surface area (Å²) < 4.78 is 6.83. The number of halogens is 1. The van der Waals surface area contributed by atoms with E-state index in [-0.39, 0.29) is 12.0 Å². The molecule has 0 spiro atoms. The van der Waals surface area contributed by atoms with Gasteiger partial charge in [-0.15, -0.1) is 0 Å². The molecule has 2 rings (SSSR count). The highest BCUT2D eigenvalue weighted by molar-refractivity contribution is 6.30. The van der Waals surface area contributed by atoms with Gasteiger partial charge < -0.3 is 9.30 Å². The molecule has 0 aliphatic carbocycles. The first-order chi connectivity index (χ1) is 9.02. The van der Waals surface area contributed by atoms with Crippen LogP contribution in [0.4, 0.5) is 0 Å². The highest BCUT2D eigenvalue weighted by Gasteiger charge is 2.17. The Morgan fingerprint density at radius 3 is 2.63 bits per heavy atom. The van der Waals surface area contributed by atoms with Crippen LogP contribution in [0.2, 0.25) is 5.02 Å². The molecule has 0 amide bonds. The molecule has 0 aliphatic rings. The van der Waals surface area contributed by atoms with Gasteiger partial charge in [-0.1, -0.05) is 23.7 Å². The molecule has 100 valence electrons. The topological polar surface area (TPSA) is 31.2 Å². The Morgan fingerprint density at radius 2 is 2.05 bits per heavy atom. The average Bonchev–Trinajstić information content (AvgIpc) is 2.83. The Balaban J connectivity index is 2.57. The van der Waals surface area contributed by atoms with Crippen molar-refractivity contribution < 1.29 is 9.53 Å². The summed E-state index contributed by atoms with van der Waals surface area (Å²) in [5.74, 6) is -0.339. The fourth-order valence-corrected chi connectivity index (χ4v) is 2.12. The minimum absolute atomic E-state index is 0.274. The summed E-state index contributed by atoms with van der Waals surface area (Å²) in [6.45, 7) is 4.12. The number of carbonyl (C=O) groups is 1. The van der Waals surface area contributed by atoms with Crippen molar-refractivity contribution in [3.63, 3.8) is 0 Å². The lowest BCUT2D eigenvalue weighted by Crippen LogP contribution is -2.02. The number of benzene rings is 1. The normalized spacial score (nSPS) is 10.8. The summed E-state index contributed by atoms with van der Waals surface area (Å²) in [5, 5.41) is 0.644. The molecule has 0 aliphatic heterocycles. The third-order valence-corrected chi connectivity index (χ3v) is 3.22. The quantitative estimate of drug-likeness (QED) is 0.788. The van der Waals surface area contributed by atoms with Crippen LogP contribution < -0.4 is 0 Å². The number of methoxy groups -OCH3 is 1. The zero-order valence-electron chi connectivity index (χ0n) is 11.2. The molecule has 2 aromatic rings. The summed E-state index contributed by atoms with van der Waals surface area (Å²) in [5.41, 5.74) is 2.30. The van der Waals surface area contributed by atoms with E-state index >= 15 is 0 Å². The third-order valence-electron chi connectivity index (χ3n) is 2.98. The summed E-state index contributed by atoms with van der Waals surface area (Å²) >= 11 is 6.01. The Labute approximate surface area is 117 Å². The fourth-order valence-electron chi connectivity index (χ4n) is 1.93. The van der Waals surface area contributed by atoms with Crippen molar-refractivity contribution in [1.82, 2.24) is 4.57 Å². The molecule has 3 nitrogen and oxygen atoms in total. The van der Waals surface area contributed by atoms with E-state index in [2.05, 4.69) is 13.8 Å². The Hall–Kier alpha value is -1.74. The lowest BCUT2D eigenvalue weighted by atomic mass is 10.1. The molecule has 0 saturated heterocycles. The van der Waals surface area contributed by atoms with Crippen LogP contribution in [-0.2, 0) is 4.74 Å². The van der Waals surface area contributed by atoms with E-state index in [0.29, 0.717) is 10.6 Å². The summed E-state index contributed by atoms with van der Waals surface area (Å²) in [6.07, 6.45) is 3.76. The summed E-state index contributed by atoms with van der Waals surface area (Å²) in [6, 6.07) is 7.72. The van der Waals surface area contributed by atoms with Crippen molar-refractivity contribution in [2.45, 2.75) is 19.9 Å². The van der Waals surface area contributed by atoms with Gasteiger partial charge in [-0.25, -0.2) is 4.79 Å². The predicted molar refractivity (Wildman–Crippen MR) is 76.6 cm³/mol. The predicted octanol–water partition coefficient (Wildman–Crippen LogP) is 4.18. The summed E-state index contributed by atoms with van der Waals surface area (Å²) in [4.78, 5) is 11.9. The van der Waals surface area contributed by atoms with E-state index in [1.165, 1.54) is 7.11 Å². The van der Waals surface area contributed by atoms with Gasteiger partial charge in [0.15, 0.2) is 0 Å². The van der Waals surface area contributed by atoms with Crippen molar-refractivity contribution >= 4 is 17.6 Å². The van der Waals surface area contributed by atoms with Gasteiger partial charge in [0.1, 0.15) is 0 Å². The Morgan fingerprint density at radius 1 is 1.32 bits per heavy atom. The number of hydrogen-bond acceptors (Lipinski definition) is 2. The first kappa shape index (κ1) is 13.7. The molecular formula is C15H16ClNO2. The van der Waals surface area contributed by atoms with Crippen LogP contribution in [0.1, 0.15) is 30.2 Å². The molecule has 0 fully saturated rings. The number of ether oxygens (including phenoxy) is 1. The van der Waals surface area contributed by atoms with Crippen molar-refractivity contribution in [1.29, 1.82) is 0 Å². The molecular weight excluding hydrogens is 262 g/mol. The fraction of sp³-hybridized carbons (Fsp3) is 0.267. The number of hydrogen-bond donors (Lipinski definition) is 0. The standard InChI is InChI=1S/C15H16ClNO2/c1-10(2)17-8-13(14(9-17)15(18)19-3)11-5-4-6-12(16)7-11/h4-10H,1-3H3. The minimum atomic E-state index is -0.339. The van der Waals surface area contributed by atoms with Crippen molar-refractivity contribution in [3.05, 3.63) is 47.2 Å². The van der Waals surface area contributed by atoms with Crippen LogP contribution in [0.15, 0.2) is 36.7 Å². The van der Waals surface area contributed by atoms with Crippen LogP contribution in [0.25, 0.3) is 11.1 Å². The zero-order chi connectivity index (χ0) is 14.0. The van der Waals surface area contributed by atoms with Gasteiger partial charge in [-0.2, -0.15) is 0 Å². The molecule has 0 unspecified atom stereocenters. The van der Waals surface area contributed by atoms with Gasteiger partial charge in [-0.05, 0) is 31.5 Å². The maximum atomic E-state index is 11.9. The van der Waals surface area contributed by atoms with Crippen LogP contribution in [0.5, 0.6) is 0 Å². The van der Waals surface area contributed by atoms with Gasteiger partial charge in [0.2, 0.25) is 0 Å². The second-order valence-corrected chi connectivity index (χ2v) is 5.06. The second kappa shape index (κ2) is 5.49. The van der Waals surface area contributed by atoms with Gasteiger partial charge in [0.25, 0.3) is 0 Å². The molecule has 0 radical (unpaired) electrons. The number of carbonyl (C=O) groups excluding carboxylic acids is 1. The zero-order valence-corrected chi connectivity index (χ0v) is 11.9. The van der Waals surface area contributed by atoms with Gasteiger partial charge in [0.05, 0.1) is 12.7 Å². The average molecular weight is 278 g/mol. The van der Waals surface area contributed by atoms with Gasteiger partial charge in [0, 0.05) is 29.0 Å². The highest BCUT2D eigenvalue weighted by atomic mass is 35.5. The lowest BCUT2D eigenvalue weighted by Gasteiger charge is -2.05. The van der Waals surface area contributed by atoms with Crippen LogP contribution in [-0.4, -0.2) is 17.6 Å². The van der Waals surface area contributed by atoms with E-state index < -0.39 is 0 Å². The minimum Gasteiger partial charge on any atom is -0.465 e. The molecule has 0 bridgehead atoms. The molecule has 19 heavy (non-hydrogen) atoms. The van der Waals surface area contributed by atoms with E-state index in [9.17, 15) is 4.79 Å². The molecule has 0 saturated carbocycles. The maximum absolute atomic E-state index is 11.9. The number of rotatable bonds is 3. The molecule has 0 N–H and O–H groups in total. The van der Waals surface area contributed by atoms with Crippen LogP contribution >= 0.6 is 11.6 Å². The van der Waals surface area contributed by atoms with Crippen molar-refractivity contribution in [2.24, 2.45) is 0 Å². The second-order valence-electron chi connectivity index (χ2n) is 4.63. The first-order valence-electron chi connectivity index (χ1n) is 6.08. The van der Waals surface area contributed by atoms with E-state index in [0.717, 1.165) is 11.1 Å². The van der Waals surface area contributed by atoms with Crippen LogP contribution in [0.3, 0.4) is 0 Å². The number of esters is 1. The van der Waals surface area contributed by atoms with E-state index in [1.807, 2.05) is 41.2 Å². The van der Waals surface area contributed by atoms with E-state index in [1.54, 1.807) is 0 Å². The first-order valence-corrected chi connectivity index (χ1v) is 6.46. The number of aromatic nitrogens is 1.